The summed E-state index contributed by atoms with van der Waals surface area (Å²) in [5.74, 6) is 0.0126. The number of nitrogens with one attached hydrogen (secondary N) is 2. The number of rotatable bonds is 7. The van der Waals surface area contributed by atoms with Gasteiger partial charge in [0.1, 0.15) is 18.8 Å². The largest absolute Gasteiger partial charge is 0.507 e. The molecule has 1 aromatic carbocycles. The fraction of sp³-hybridized carbons (Fsp3) is 0.529. The number of morpholine rings is 1. The van der Waals surface area contributed by atoms with Gasteiger partial charge in [0.2, 0.25) is 0 Å². The number of phenols is 1. The van der Waals surface area contributed by atoms with Crippen LogP contribution in [0.1, 0.15) is 19.4 Å². The topological polar surface area (TPSA) is 78.6 Å². The predicted octanol–water partition coefficient (Wildman–Crippen LogP) is -0.396. The summed E-state index contributed by atoms with van der Waals surface area (Å²) in [5, 5.41) is 14.0. The number of nitrogens with zero attached hydrogens (tertiary/aromatic N) is 2. The van der Waals surface area contributed by atoms with E-state index >= 15 is 0 Å². The van der Waals surface area contributed by atoms with E-state index in [4.69, 9.17) is 4.74 Å². The molecule has 0 saturated carbocycles. The minimum absolute atomic E-state index is 0.137. The van der Waals surface area contributed by atoms with Crippen LogP contribution in [0.4, 0.5) is 5.69 Å². The van der Waals surface area contributed by atoms with Crippen molar-refractivity contribution in [3.63, 3.8) is 0 Å². The Bertz CT molecular complexity index is 567. The first-order valence-electron chi connectivity index (χ1n) is 8.45. The smallest absolute Gasteiger partial charge is 0.295 e. The van der Waals surface area contributed by atoms with Gasteiger partial charge in [0.05, 0.1) is 19.4 Å². The summed E-state index contributed by atoms with van der Waals surface area (Å²) in [5.41, 5.74) is 4.05. The molecule has 3 N–H and O–H groups in total. The molecule has 0 atom stereocenters. The van der Waals surface area contributed by atoms with Crippen LogP contribution < -0.4 is 15.2 Å². The van der Waals surface area contributed by atoms with Crippen molar-refractivity contribution in [2.45, 2.75) is 13.8 Å². The molecule has 0 aliphatic carbocycles. The van der Waals surface area contributed by atoms with Gasteiger partial charge in [-0.3, -0.25) is 4.79 Å². The Hall–Kier alpha value is -2.12. The lowest BCUT2D eigenvalue weighted by Gasteiger charge is -2.22. The van der Waals surface area contributed by atoms with E-state index < -0.39 is 0 Å². The standard InChI is InChI=1S/C17H26N4O3/c1-3-21(4-2)15-6-5-14(16(22)11-15)12-18-19-17(23)13-20-7-9-24-10-8-20/h5-6,11-12,22H,3-4,7-10,13H2,1-2H3,(H,19,23)/p+1/b18-12+. The first-order chi connectivity index (χ1) is 11.6. The zero-order valence-electron chi connectivity index (χ0n) is 14.4. The highest BCUT2D eigenvalue weighted by Gasteiger charge is 2.17. The van der Waals surface area contributed by atoms with E-state index in [1.54, 1.807) is 12.1 Å². The maximum atomic E-state index is 11.9. The normalized spacial score (nSPS) is 15.6. The summed E-state index contributed by atoms with van der Waals surface area (Å²) in [7, 11) is 0. The summed E-state index contributed by atoms with van der Waals surface area (Å²) < 4.78 is 5.26. The molecule has 0 bridgehead atoms. The van der Waals surface area contributed by atoms with Crippen LogP contribution in [0.15, 0.2) is 23.3 Å². The summed E-state index contributed by atoms with van der Waals surface area (Å²) in [4.78, 5) is 15.2. The highest BCUT2D eigenvalue weighted by atomic mass is 16.5. The number of phenolic OH excluding ortho intramolecular Hbond substituents is 1. The zero-order chi connectivity index (χ0) is 17.4. The SMILES string of the molecule is CCN(CC)c1ccc(/C=N/NC(=O)C[NH+]2CCOCC2)c(O)c1. The second-order valence-electron chi connectivity index (χ2n) is 5.75. The van der Waals surface area contributed by atoms with Crippen LogP contribution in [0.3, 0.4) is 0 Å². The Kier molecular flexibility index (Phi) is 7.02. The van der Waals surface area contributed by atoms with Gasteiger partial charge in [-0.1, -0.05) is 0 Å². The Morgan fingerprint density at radius 3 is 2.71 bits per heavy atom. The summed E-state index contributed by atoms with van der Waals surface area (Å²) in [6, 6.07) is 5.45. The Morgan fingerprint density at radius 2 is 2.08 bits per heavy atom. The van der Waals surface area contributed by atoms with Crippen molar-refractivity contribution in [2.75, 3.05) is 50.8 Å². The third kappa shape index (κ3) is 5.21. The van der Waals surface area contributed by atoms with Crippen LogP contribution in [-0.2, 0) is 9.53 Å². The molecule has 1 saturated heterocycles. The third-order valence-corrected chi connectivity index (χ3v) is 4.15. The van der Waals surface area contributed by atoms with Gasteiger partial charge in [0.25, 0.3) is 5.91 Å². The van der Waals surface area contributed by atoms with Crippen LogP contribution in [0.2, 0.25) is 0 Å². The molecule has 0 aromatic heterocycles. The number of hydrogen-bond donors (Lipinski definition) is 3. The van der Waals surface area contributed by atoms with E-state index in [2.05, 4.69) is 29.3 Å². The number of ether oxygens (including phenoxy) is 1. The number of amides is 1. The predicted molar refractivity (Wildman–Crippen MR) is 93.8 cm³/mol. The van der Waals surface area contributed by atoms with Gasteiger partial charge in [-0.05, 0) is 26.0 Å². The van der Waals surface area contributed by atoms with Crippen molar-refractivity contribution in [2.24, 2.45) is 5.10 Å². The third-order valence-electron chi connectivity index (χ3n) is 4.15. The van der Waals surface area contributed by atoms with Crippen LogP contribution in [-0.4, -0.2) is 63.2 Å². The molecule has 0 spiro atoms. The number of benzene rings is 1. The summed E-state index contributed by atoms with van der Waals surface area (Å²) >= 11 is 0. The number of aromatic hydroxyl groups is 1. The van der Waals surface area contributed by atoms with Crippen molar-refractivity contribution in [3.05, 3.63) is 23.8 Å². The van der Waals surface area contributed by atoms with Crippen LogP contribution in [0.25, 0.3) is 0 Å². The second kappa shape index (κ2) is 9.24. The van der Waals surface area contributed by atoms with Gasteiger partial charge in [-0.15, -0.1) is 0 Å². The van der Waals surface area contributed by atoms with Crippen molar-refractivity contribution in [1.82, 2.24) is 5.43 Å². The zero-order valence-corrected chi connectivity index (χ0v) is 14.4. The molecule has 1 amide bonds. The first-order valence-corrected chi connectivity index (χ1v) is 8.45. The Labute approximate surface area is 142 Å². The number of hydrazone groups is 1. The first kappa shape index (κ1) is 18.2. The van der Waals surface area contributed by atoms with E-state index in [1.807, 2.05) is 6.07 Å². The van der Waals surface area contributed by atoms with E-state index in [0.29, 0.717) is 25.3 Å². The van der Waals surface area contributed by atoms with Gasteiger partial charge in [-0.2, -0.15) is 5.10 Å². The molecular weight excluding hydrogens is 308 g/mol. The number of anilines is 1. The molecule has 1 aliphatic rings. The van der Waals surface area contributed by atoms with Crippen LogP contribution >= 0.6 is 0 Å². The second-order valence-corrected chi connectivity index (χ2v) is 5.75. The minimum atomic E-state index is -0.137. The van der Waals surface area contributed by atoms with Crippen molar-refractivity contribution in [1.29, 1.82) is 0 Å². The van der Waals surface area contributed by atoms with E-state index in [1.165, 1.54) is 11.1 Å². The molecule has 2 rings (SSSR count). The lowest BCUT2D eigenvalue weighted by Crippen LogP contribution is -3.15. The summed E-state index contributed by atoms with van der Waals surface area (Å²) in [6.45, 7) is 9.34. The van der Waals surface area contributed by atoms with Crippen LogP contribution in [0, 0.1) is 0 Å². The number of carbonyl (C=O) groups is 1. The van der Waals surface area contributed by atoms with Crippen LogP contribution in [0.5, 0.6) is 5.75 Å². The summed E-state index contributed by atoms with van der Waals surface area (Å²) in [6.07, 6.45) is 1.47. The van der Waals surface area contributed by atoms with Gasteiger partial charge in [-0.25, -0.2) is 5.43 Å². The Balaban J connectivity index is 1.88. The molecule has 0 unspecified atom stereocenters. The van der Waals surface area contributed by atoms with Crippen molar-refractivity contribution >= 4 is 17.8 Å². The molecule has 1 aromatic rings. The van der Waals surface area contributed by atoms with E-state index in [0.717, 1.165) is 31.9 Å². The van der Waals surface area contributed by atoms with Gasteiger partial charge in [0, 0.05) is 30.4 Å². The molecular formula is C17H27N4O3+. The maximum Gasteiger partial charge on any atom is 0.295 e. The molecule has 7 heteroatoms. The van der Waals surface area contributed by atoms with Crippen molar-refractivity contribution < 1.29 is 19.5 Å². The minimum Gasteiger partial charge on any atom is -0.507 e. The van der Waals surface area contributed by atoms with Gasteiger partial charge in [0.15, 0.2) is 6.54 Å². The molecule has 7 nitrogen and oxygen atoms in total. The average molecular weight is 335 g/mol. The average Bonchev–Trinajstić information content (AvgIpc) is 2.59. The monoisotopic (exact) mass is 335 g/mol. The molecule has 132 valence electrons. The number of hydrogen-bond acceptors (Lipinski definition) is 5. The Morgan fingerprint density at radius 1 is 1.38 bits per heavy atom. The fourth-order valence-corrected chi connectivity index (χ4v) is 2.70. The number of quaternary nitrogens is 1. The van der Waals surface area contributed by atoms with Crippen molar-refractivity contribution in [3.8, 4) is 5.75 Å². The van der Waals surface area contributed by atoms with E-state index in [9.17, 15) is 9.90 Å². The molecule has 24 heavy (non-hydrogen) atoms. The molecule has 1 fully saturated rings. The van der Waals surface area contributed by atoms with Gasteiger partial charge >= 0.3 is 0 Å². The highest BCUT2D eigenvalue weighted by molar-refractivity contribution is 5.86. The van der Waals surface area contributed by atoms with Gasteiger partial charge < -0.3 is 19.6 Å². The lowest BCUT2D eigenvalue weighted by atomic mass is 10.2. The molecule has 0 radical (unpaired) electrons. The molecule has 1 aliphatic heterocycles. The fourth-order valence-electron chi connectivity index (χ4n) is 2.70. The lowest BCUT2D eigenvalue weighted by molar-refractivity contribution is -0.900. The highest BCUT2D eigenvalue weighted by Crippen LogP contribution is 2.23. The maximum absolute atomic E-state index is 11.9. The van der Waals surface area contributed by atoms with E-state index in [-0.39, 0.29) is 11.7 Å². The number of carbonyl (C=O) groups excluding carboxylic acids is 1. The quantitative estimate of drug-likeness (QED) is 0.468. The molecule has 1 heterocycles.